The smallest absolute Gasteiger partial charge is 0.119 e. The van der Waals surface area contributed by atoms with Crippen LogP contribution in [-0.2, 0) is 0 Å². The van der Waals surface area contributed by atoms with Crippen molar-refractivity contribution in [3.05, 3.63) is 29.8 Å². The molecule has 0 amide bonds. The molecule has 0 saturated heterocycles. The van der Waals surface area contributed by atoms with Gasteiger partial charge in [-0.3, -0.25) is 0 Å². The first kappa shape index (κ1) is 14.4. The van der Waals surface area contributed by atoms with Gasteiger partial charge < -0.3 is 10.1 Å². The Morgan fingerprint density at radius 2 is 1.79 bits per heavy atom. The van der Waals surface area contributed by atoms with Crippen LogP contribution in [0.3, 0.4) is 0 Å². The largest absolute Gasteiger partial charge is 0.490 e. The Morgan fingerprint density at radius 1 is 1.16 bits per heavy atom. The molecule has 1 aliphatic carbocycles. The number of rotatable bonds is 7. The van der Waals surface area contributed by atoms with Crippen LogP contribution in [0.1, 0.15) is 52.1 Å². The molecular formula is C17H27NO. The summed E-state index contributed by atoms with van der Waals surface area (Å²) in [6, 6.07) is 9.09. The van der Waals surface area contributed by atoms with Gasteiger partial charge in [-0.1, -0.05) is 39.8 Å². The van der Waals surface area contributed by atoms with Gasteiger partial charge in [0.15, 0.2) is 0 Å². The number of hydrogen-bond donors (Lipinski definition) is 1. The summed E-state index contributed by atoms with van der Waals surface area (Å²) in [5, 5.41) is 3.61. The molecule has 2 atom stereocenters. The van der Waals surface area contributed by atoms with E-state index < -0.39 is 0 Å². The second-order valence-corrected chi connectivity index (χ2v) is 6.02. The molecule has 19 heavy (non-hydrogen) atoms. The van der Waals surface area contributed by atoms with E-state index in [4.69, 9.17) is 4.74 Å². The van der Waals surface area contributed by atoms with E-state index in [0.717, 1.165) is 12.3 Å². The van der Waals surface area contributed by atoms with Gasteiger partial charge in [0.2, 0.25) is 0 Å². The van der Waals surface area contributed by atoms with Gasteiger partial charge in [-0.2, -0.15) is 0 Å². The SMILES string of the molecule is CCNC(c1ccc(OC2CC2)cc1)C(C)C(C)C. The van der Waals surface area contributed by atoms with Gasteiger partial charge in [0.1, 0.15) is 5.75 Å². The minimum atomic E-state index is 0.431. The molecule has 1 aromatic rings. The Bertz CT molecular complexity index is 381. The van der Waals surface area contributed by atoms with Gasteiger partial charge in [0.25, 0.3) is 0 Å². The van der Waals surface area contributed by atoms with E-state index in [1.807, 2.05) is 0 Å². The molecule has 106 valence electrons. The van der Waals surface area contributed by atoms with Crippen molar-refractivity contribution in [3.63, 3.8) is 0 Å². The molecule has 2 nitrogen and oxygen atoms in total. The predicted octanol–water partition coefficient (Wildman–Crippen LogP) is 4.17. The monoisotopic (exact) mass is 261 g/mol. The molecule has 0 heterocycles. The number of ether oxygens (including phenoxy) is 1. The fraction of sp³-hybridized carbons (Fsp3) is 0.647. The zero-order valence-electron chi connectivity index (χ0n) is 12.6. The van der Waals surface area contributed by atoms with Gasteiger partial charge in [-0.25, -0.2) is 0 Å². The molecule has 1 fully saturated rings. The standard InChI is InChI=1S/C17H27NO/c1-5-18-17(13(4)12(2)3)14-6-8-15(9-7-14)19-16-10-11-16/h6-9,12-13,16-18H,5,10-11H2,1-4H3. The van der Waals surface area contributed by atoms with Crippen molar-refractivity contribution in [3.8, 4) is 5.75 Å². The van der Waals surface area contributed by atoms with Crippen molar-refractivity contribution in [2.45, 2.75) is 52.7 Å². The Labute approximate surface area is 117 Å². The van der Waals surface area contributed by atoms with Crippen molar-refractivity contribution in [1.29, 1.82) is 0 Å². The lowest BCUT2D eigenvalue weighted by Crippen LogP contribution is -2.29. The highest BCUT2D eigenvalue weighted by Crippen LogP contribution is 2.31. The summed E-state index contributed by atoms with van der Waals surface area (Å²) in [5.74, 6) is 2.31. The van der Waals surface area contributed by atoms with Crippen molar-refractivity contribution in [2.24, 2.45) is 11.8 Å². The Morgan fingerprint density at radius 3 is 2.26 bits per heavy atom. The Hall–Kier alpha value is -1.02. The number of nitrogens with one attached hydrogen (secondary N) is 1. The van der Waals surface area contributed by atoms with E-state index in [2.05, 4.69) is 57.3 Å². The zero-order valence-corrected chi connectivity index (χ0v) is 12.6. The summed E-state index contributed by atoms with van der Waals surface area (Å²) >= 11 is 0. The molecule has 0 bridgehead atoms. The van der Waals surface area contributed by atoms with Gasteiger partial charge in [0.05, 0.1) is 6.10 Å². The van der Waals surface area contributed by atoms with E-state index in [1.165, 1.54) is 18.4 Å². The maximum absolute atomic E-state index is 5.81. The first-order valence-corrected chi connectivity index (χ1v) is 7.61. The predicted molar refractivity (Wildman–Crippen MR) is 80.5 cm³/mol. The van der Waals surface area contributed by atoms with Crippen LogP contribution in [0.15, 0.2) is 24.3 Å². The highest BCUT2D eigenvalue weighted by molar-refractivity contribution is 5.30. The summed E-state index contributed by atoms with van der Waals surface area (Å²) in [5.41, 5.74) is 1.37. The molecule has 0 spiro atoms. The molecule has 0 aromatic heterocycles. The van der Waals surface area contributed by atoms with Crippen molar-refractivity contribution in [1.82, 2.24) is 5.32 Å². The maximum Gasteiger partial charge on any atom is 0.119 e. The minimum Gasteiger partial charge on any atom is -0.490 e. The van der Waals surface area contributed by atoms with Crippen LogP contribution in [0.4, 0.5) is 0 Å². The Kier molecular flexibility index (Phi) is 4.87. The van der Waals surface area contributed by atoms with Crippen molar-refractivity contribution in [2.75, 3.05) is 6.54 Å². The van der Waals surface area contributed by atoms with Crippen LogP contribution >= 0.6 is 0 Å². The molecule has 2 rings (SSSR count). The summed E-state index contributed by atoms with van der Waals surface area (Å²) in [6.45, 7) is 10.1. The average Bonchev–Trinajstić information content (AvgIpc) is 3.20. The van der Waals surface area contributed by atoms with E-state index >= 15 is 0 Å². The molecule has 0 radical (unpaired) electrons. The van der Waals surface area contributed by atoms with E-state index in [9.17, 15) is 0 Å². The molecule has 2 heteroatoms. The summed E-state index contributed by atoms with van der Waals surface area (Å²) in [7, 11) is 0. The van der Waals surface area contributed by atoms with Crippen LogP contribution in [0, 0.1) is 11.8 Å². The van der Waals surface area contributed by atoms with Crippen LogP contribution in [0.25, 0.3) is 0 Å². The third-order valence-electron chi connectivity index (χ3n) is 4.07. The number of benzene rings is 1. The van der Waals surface area contributed by atoms with Crippen LogP contribution in [-0.4, -0.2) is 12.6 Å². The third-order valence-corrected chi connectivity index (χ3v) is 4.07. The van der Waals surface area contributed by atoms with Crippen LogP contribution in [0.2, 0.25) is 0 Å². The quantitative estimate of drug-likeness (QED) is 0.795. The van der Waals surface area contributed by atoms with E-state index in [-0.39, 0.29) is 0 Å². The van der Waals surface area contributed by atoms with Crippen LogP contribution < -0.4 is 10.1 Å². The van der Waals surface area contributed by atoms with Gasteiger partial charge in [0, 0.05) is 6.04 Å². The molecule has 1 aliphatic rings. The Balaban J connectivity index is 2.07. The van der Waals surface area contributed by atoms with E-state index in [0.29, 0.717) is 24.0 Å². The molecule has 1 saturated carbocycles. The topological polar surface area (TPSA) is 21.3 Å². The highest BCUT2D eigenvalue weighted by Gasteiger charge is 2.24. The third kappa shape index (κ3) is 3.97. The first-order chi connectivity index (χ1) is 9.11. The summed E-state index contributed by atoms with van der Waals surface area (Å²) in [6.07, 6.45) is 2.91. The molecular weight excluding hydrogens is 234 g/mol. The van der Waals surface area contributed by atoms with Gasteiger partial charge >= 0.3 is 0 Å². The summed E-state index contributed by atoms with van der Waals surface area (Å²) < 4.78 is 5.81. The van der Waals surface area contributed by atoms with Crippen LogP contribution in [0.5, 0.6) is 5.75 Å². The lowest BCUT2D eigenvalue weighted by molar-refractivity contribution is 0.299. The fourth-order valence-corrected chi connectivity index (χ4v) is 2.34. The minimum absolute atomic E-state index is 0.431. The maximum atomic E-state index is 5.81. The molecule has 1 aromatic carbocycles. The zero-order chi connectivity index (χ0) is 13.8. The summed E-state index contributed by atoms with van der Waals surface area (Å²) in [4.78, 5) is 0. The first-order valence-electron chi connectivity index (χ1n) is 7.61. The second kappa shape index (κ2) is 6.42. The number of hydrogen-bond acceptors (Lipinski definition) is 2. The highest BCUT2D eigenvalue weighted by atomic mass is 16.5. The van der Waals surface area contributed by atoms with Gasteiger partial charge in [-0.05, 0) is 48.9 Å². The lowest BCUT2D eigenvalue weighted by Gasteiger charge is -2.28. The fourth-order valence-electron chi connectivity index (χ4n) is 2.34. The van der Waals surface area contributed by atoms with E-state index in [1.54, 1.807) is 0 Å². The molecule has 1 N–H and O–H groups in total. The van der Waals surface area contributed by atoms with Crippen molar-refractivity contribution >= 4 is 0 Å². The second-order valence-electron chi connectivity index (χ2n) is 6.02. The molecule has 2 unspecified atom stereocenters. The van der Waals surface area contributed by atoms with Crippen molar-refractivity contribution < 1.29 is 4.74 Å². The normalized spacial score (nSPS) is 18.4. The lowest BCUT2D eigenvalue weighted by atomic mass is 9.86. The molecule has 0 aliphatic heterocycles. The van der Waals surface area contributed by atoms with Gasteiger partial charge in [-0.15, -0.1) is 0 Å². The average molecular weight is 261 g/mol.